The number of esters is 1. The van der Waals surface area contributed by atoms with Crippen LogP contribution in [0.1, 0.15) is 6.92 Å². The summed E-state index contributed by atoms with van der Waals surface area (Å²) in [5.41, 5.74) is 0.810. The first-order valence-corrected chi connectivity index (χ1v) is 10.1. The van der Waals surface area contributed by atoms with Gasteiger partial charge in [0.25, 0.3) is 5.91 Å². The van der Waals surface area contributed by atoms with Gasteiger partial charge in [0.1, 0.15) is 23.4 Å². The standard InChI is InChI=1S/C21H18BrN3O5/c1-3-30-21(28)17-16-18(25(23-17)14-6-4-5-7-15(14)29-2)20(27)24(19(16)26)13-10-8-12(22)9-11-13/h4-11,16,18H,3H2,1-2H3/t16-,18-/m0/s1. The smallest absolute Gasteiger partial charge is 0.355 e. The lowest BCUT2D eigenvalue weighted by Crippen LogP contribution is -2.39. The van der Waals surface area contributed by atoms with E-state index in [4.69, 9.17) is 9.47 Å². The summed E-state index contributed by atoms with van der Waals surface area (Å²) in [6.45, 7) is 1.79. The van der Waals surface area contributed by atoms with Crippen molar-refractivity contribution in [2.24, 2.45) is 11.0 Å². The molecule has 0 spiro atoms. The maximum absolute atomic E-state index is 13.4. The number of rotatable bonds is 5. The van der Waals surface area contributed by atoms with Gasteiger partial charge in [-0.2, -0.15) is 5.10 Å². The van der Waals surface area contributed by atoms with Crippen molar-refractivity contribution >= 4 is 50.8 Å². The number of benzene rings is 2. The topological polar surface area (TPSA) is 88.5 Å². The molecule has 0 aliphatic carbocycles. The fourth-order valence-corrected chi connectivity index (χ4v) is 3.91. The molecule has 0 bridgehead atoms. The zero-order valence-corrected chi connectivity index (χ0v) is 17.8. The Balaban J connectivity index is 1.81. The third-order valence-corrected chi connectivity index (χ3v) is 5.48. The molecule has 2 aliphatic rings. The molecule has 9 heteroatoms. The lowest BCUT2D eigenvalue weighted by Gasteiger charge is -2.23. The average molecular weight is 472 g/mol. The number of ether oxygens (including phenoxy) is 2. The van der Waals surface area contributed by atoms with Crippen molar-refractivity contribution in [2.45, 2.75) is 13.0 Å². The van der Waals surface area contributed by atoms with E-state index in [0.29, 0.717) is 17.1 Å². The second kappa shape index (κ2) is 7.91. The first kappa shape index (κ1) is 20.1. The van der Waals surface area contributed by atoms with Crippen LogP contribution in [0.25, 0.3) is 0 Å². The van der Waals surface area contributed by atoms with Gasteiger partial charge in [0, 0.05) is 4.47 Å². The molecule has 30 heavy (non-hydrogen) atoms. The van der Waals surface area contributed by atoms with Crippen molar-refractivity contribution in [3.63, 3.8) is 0 Å². The number of carbonyl (C=O) groups excluding carboxylic acids is 3. The fraction of sp³-hybridized carbons (Fsp3) is 0.238. The van der Waals surface area contributed by atoms with E-state index in [-0.39, 0.29) is 12.3 Å². The molecule has 0 N–H and O–H groups in total. The van der Waals surface area contributed by atoms with Crippen LogP contribution < -0.4 is 14.6 Å². The monoisotopic (exact) mass is 471 g/mol. The van der Waals surface area contributed by atoms with Gasteiger partial charge < -0.3 is 9.47 Å². The molecule has 0 unspecified atom stereocenters. The number of carbonyl (C=O) groups is 3. The molecule has 2 atom stereocenters. The summed E-state index contributed by atoms with van der Waals surface area (Å²) >= 11 is 3.34. The van der Waals surface area contributed by atoms with Gasteiger partial charge in [0.05, 0.1) is 19.4 Å². The zero-order chi connectivity index (χ0) is 21.4. The van der Waals surface area contributed by atoms with E-state index < -0.39 is 29.7 Å². The number of fused-ring (bicyclic) bond motifs is 1. The molecule has 2 aromatic carbocycles. The van der Waals surface area contributed by atoms with Crippen LogP contribution in [0.2, 0.25) is 0 Å². The van der Waals surface area contributed by atoms with Gasteiger partial charge >= 0.3 is 5.97 Å². The Morgan fingerprint density at radius 3 is 2.47 bits per heavy atom. The number of hydrogen-bond donors (Lipinski definition) is 0. The van der Waals surface area contributed by atoms with E-state index >= 15 is 0 Å². The van der Waals surface area contributed by atoms with Crippen LogP contribution in [0, 0.1) is 5.92 Å². The van der Waals surface area contributed by atoms with Crippen molar-refractivity contribution in [1.29, 1.82) is 0 Å². The van der Waals surface area contributed by atoms with Crippen LogP contribution in [-0.4, -0.2) is 43.3 Å². The van der Waals surface area contributed by atoms with Crippen molar-refractivity contribution < 1.29 is 23.9 Å². The number of hydrazone groups is 1. The predicted molar refractivity (Wildman–Crippen MR) is 113 cm³/mol. The number of para-hydroxylation sites is 2. The van der Waals surface area contributed by atoms with Crippen LogP contribution in [0.4, 0.5) is 11.4 Å². The predicted octanol–water partition coefficient (Wildman–Crippen LogP) is 2.76. The maximum atomic E-state index is 13.4. The van der Waals surface area contributed by atoms with Crippen LogP contribution in [-0.2, 0) is 19.1 Å². The Morgan fingerprint density at radius 2 is 1.80 bits per heavy atom. The Morgan fingerprint density at radius 1 is 1.10 bits per heavy atom. The SMILES string of the molecule is CCOC(=O)C1=NN(c2ccccc2OC)[C@@H]2C(=O)N(c3ccc(Br)cc3)C(=O)[C@@H]12. The number of anilines is 2. The highest BCUT2D eigenvalue weighted by atomic mass is 79.9. The number of halogens is 1. The fourth-order valence-electron chi connectivity index (χ4n) is 3.65. The summed E-state index contributed by atoms with van der Waals surface area (Å²) in [5.74, 6) is -2.31. The summed E-state index contributed by atoms with van der Waals surface area (Å²) in [7, 11) is 1.50. The highest BCUT2D eigenvalue weighted by molar-refractivity contribution is 9.10. The van der Waals surface area contributed by atoms with E-state index in [1.807, 2.05) is 0 Å². The summed E-state index contributed by atoms with van der Waals surface area (Å²) in [5, 5.41) is 5.72. The molecular formula is C21H18BrN3O5. The normalized spacial score (nSPS) is 20.3. The minimum absolute atomic E-state index is 0.0919. The Kier molecular flexibility index (Phi) is 5.29. The summed E-state index contributed by atoms with van der Waals surface area (Å²) in [6, 6.07) is 12.8. The van der Waals surface area contributed by atoms with E-state index in [1.165, 1.54) is 12.1 Å². The number of methoxy groups -OCH3 is 1. The van der Waals surface area contributed by atoms with Crippen LogP contribution >= 0.6 is 15.9 Å². The van der Waals surface area contributed by atoms with Gasteiger partial charge in [-0.15, -0.1) is 0 Å². The number of amides is 2. The van der Waals surface area contributed by atoms with E-state index in [2.05, 4.69) is 21.0 Å². The highest BCUT2D eigenvalue weighted by Gasteiger charge is 2.59. The number of nitrogens with zero attached hydrogens (tertiary/aromatic N) is 3. The van der Waals surface area contributed by atoms with Gasteiger partial charge in [0.15, 0.2) is 5.71 Å². The average Bonchev–Trinajstić information content (AvgIpc) is 3.26. The lowest BCUT2D eigenvalue weighted by molar-refractivity contribution is -0.136. The van der Waals surface area contributed by atoms with Crippen molar-refractivity contribution in [2.75, 3.05) is 23.6 Å². The summed E-state index contributed by atoms with van der Waals surface area (Å²) < 4.78 is 11.3. The van der Waals surface area contributed by atoms with E-state index in [0.717, 1.165) is 9.37 Å². The molecule has 2 amide bonds. The van der Waals surface area contributed by atoms with Gasteiger partial charge in [-0.05, 0) is 43.3 Å². The van der Waals surface area contributed by atoms with Gasteiger partial charge in [-0.1, -0.05) is 28.1 Å². The largest absolute Gasteiger partial charge is 0.495 e. The molecular weight excluding hydrogens is 454 g/mol. The van der Waals surface area contributed by atoms with Crippen LogP contribution in [0.5, 0.6) is 5.75 Å². The van der Waals surface area contributed by atoms with Crippen LogP contribution in [0.15, 0.2) is 58.1 Å². The molecule has 2 aliphatic heterocycles. The second-order valence-corrected chi connectivity index (χ2v) is 7.55. The molecule has 8 nitrogen and oxygen atoms in total. The minimum atomic E-state index is -1.06. The quantitative estimate of drug-likeness (QED) is 0.492. The van der Waals surface area contributed by atoms with Crippen molar-refractivity contribution in [3.8, 4) is 5.75 Å². The van der Waals surface area contributed by atoms with Crippen molar-refractivity contribution in [1.82, 2.24) is 0 Å². The molecule has 1 fully saturated rings. The minimum Gasteiger partial charge on any atom is -0.495 e. The zero-order valence-electron chi connectivity index (χ0n) is 16.2. The second-order valence-electron chi connectivity index (χ2n) is 6.63. The Labute approximate surface area is 181 Å². The van der Waals surface area contributed by atoms with Gasteiger partial charge in [-0.25, -0.2) is 14.7 Å². The molecule has 1 saturated heterocycles. The number of imide groups is 1. The third-order valence-electron chi connectivity index (χ3n) is 4.95. The molecule has 2 aromatic rings. The third kappa shape index (κ3) is 3.15. The molecule has 154 valence electrons. The molecule has 2 heterocycles. The van der Waals surface area contributed by atoms with Gasteiger partial charge in [-0.3, -0.25) is 9.59 Å². The van der Waals surface area contributed by atoms with Crippen LogP contribution in [0.3, 0.4) is 0 Å². The molecule has 0 radical (unpaired) electrons. The van der Waals surface area contributed by atoms with E-state index in [9.17, 15) is 14.4 Å². The Hall–Kier alpha value is -3.20. The van der Waals surface area contributed by atoms with E-state index in [1.54, 1.807) is 55.5 Å². The number of hydrogen-bond acceptors (Lipinski definition) is 7. The molecule has 0 saturated carbocycles. The maximum Gasteiger partial charge on any atom is 0.355 e. The first-order chi connectivity index (χ1) is 14.5. The summed E-state index contributed by atoms with van der Waals surface area (Å²) in [6.07, 6.45) is 0. The molecule has 0 aromatic heterocycles. The van der Waals surface area contributed by atoms with Gasteiger partial charge in [0.2, 0.25) is 5.91 Å². The highest BCUT2D eigenvalue weighted by Crippen LogP contribution is 2.41. The molecule has 4 rings (SSSR count). The Bertz CT molecular complexity index is 1050. The lowest BCUT2D eigenvalue weighted by atomic mass is 9.97. The summed E-state index contributed by atoms with van der Waals surface area (Å²) in [4.78, 5) is 40.3. The first-order valence-electron chi connectivity index (χ1n) is 9.29. The van der Waals surface area contributed by atoms with Crippen molar-refractivity contribution in [3.05, 3.63) is 53.0 Å².